The Balaban J connectivity index is 1.54. The van der Waals surface area contributed by atoms with Crippen LogP contribution < -0.4 is 9.47 Å². The van der Waals surface area contributed by atoms with Gasteiger partial charge in [0.1, 0.15) is 17.3 Å². The molecule has 5 heteroatoms. The molecule has 0 N–H and O–H groups in total. The highest BCUT2D eigenvalue weighted by molar-refractivity contribution is 6.14. The number of ketones is 1. The van der Waals surface area contributed by atoms with Crippen molar-refractivity contribution in [2.75, 3.05) is 0 Å². The van der Waals surface area contributed by atoms with Crippen molar-refractivity contribution in [3.8, 4) is 11.5 Å². The number of ether oxygens (including phenoxy) is 2. The molecule has 0 saturated heterocycles. The second kappa shape index (κ2) is 7.12. The number of carbonyl (C=O) groups is 2. The second-order valence-corrected chi connectivity index (χ2v) is 6.40. The highest BCUT2D eigenvalue weighted by atomic mass is 19.1. The summed E-state index contributed by atoms with van der Waals surface area (Å²) in [6, 6.07) is 17.3. The Bertz CT molecular complexity index is 1100. The van der Waals surface area contributed by atoms with Gasteiger partial charge in [-0.05, 0) is 55.0 Å². The van der Waals surface area contributed by atoms with Gasteiger partial charge < -0.3 is 9.47 Å². The van der Waals surface area contributed by atoms with E-state index in [2.05, 4.69) is 0 Å². The van der Waals surface area contributed by atoms with E-state index in [4.69, 9.17) is 9.47 Å². The van der Waals surface area contributed by atoms with Gasteiger partial charge in [-0.1, -0.05) is 29.8 Å². The summed E-state index contributed by atoms with van der Waals surface area (Å²) in [4.78, 5) is 24.7. The number of aryl methyl sites for hydroxylation is 1. The molecule has 28 heavy (non-hydrogen) atoms. The van der Waals surface area contributed by atoms with Gasteiger partial charge in [-0.2, -0.15) is 0 Å². The number of hydrogen-bond acceptors (Lipinski definition) is 4. The maximum atomic E-state index is 13.0. The number of halogens is 1. The zero-order valence-electron chi connectivity index (χ0n) is 14.9. The van der Waals surface area contributed by atoms with Crippen LogP contribution in [0.3, 0.4) is 0 Å². The van der Waals surface area contributed by atoms with Crippen LogP contribution in [0.25, 0.3) is 6.08 Å². The molecule has 1 aliphatic heterocycles. The number of hydrogen-bond donors (Lipinski definition) is 0. The third kappa shape index (κ3) is 3.55. The average molecular weight is 374 g/mol. The number of carbonyl (C=O) groups excluding carboxylic acids is 2. The van der Waals surface area contributed by atoms with E-state index in [1.54, 1.807) is 12.1 Å². The Kier molecular flexibility index (Phi) is 4.49. The van der Waals surface area contributed by atoms with Gasteiger partial charge >= 0.3 is 5.97 Å². The summed E-state index contributed by atoms with van der Waals surface area (Å²) in [5, 5.41) is 0. The smallest absolute Gasteiger partial charge is 0.343 e. The molecule has 138 valence electrons. The molecule has 0 bridgehead atoms. The van der Waals surface area contributed by atoms with Crippen LogP contribution in [0.1, 0.15) is 31.8 Å². The van der Waals surface area contributed by atoms with Crippen LogP contribution in [0.15, 0.2) is 72.5 Å². The molecular weight excluding hydrogens is 359 g/mol. The minimum absolute atomic E-state index is 0.209. The summed E-state index contributed by atoms with van der Waals surface area (Å²) in [6.07, 6.45) is 1.67. The van der Waals surface area contributed by atoms with Crippen LogP contribution in [-0.4, -0.2) is 11.8 Å². The minimum Gasteiger partial charge on any atom is -0.452 e. The van der Waals surface area contributed by atoms with E-state index < -0.39 is 11.8 Å². The lowest BCUT2D eigenvalue weighted by molar-refractivity contribution is 0.0734. The van der Waals surface area contributed by atoms with Crippen LogP contribution in [0.5, 0.6) is 11.5 Å². The van der Waals surface area contributed by atoms with Crippen molar-refractivity contribution in [1.82, 2.24) is 0 Å². The van der Waals surface area contributed by atoms with Crippen molar-refractivity contribution >= 4 is 17.8 Å². The molecule has 1 heterocycles. The molecule has 0 atom stereocenters. The Morgan fingerprint density at radius 3 is 2.43 bits per heavy atom. The lowest BCUT2D eigenvalue weighted by Crippen LogP contribution is -2.08. The van der Waals surface area contributed by atoms with E-state index in [1.165, 1.54) is 36.4 Å². The number of fused-ring (bicyclic) bond motifs is 1. The maximum absolute atomic E-state index is 13.0. The number of Topliss-reactive ketones (excluding diaryl/α,β-unsaturated/α-hetero) is 1. The summed E-state index contributed by atoms with van der Waals surface area (Å²) in [5.74, 6) is -0.522. The molecular formula is C23H15FO4. The molecule has 3 aromatic carbocycles. The lowest BCUT2D eigenvalue weighted by Gasteiger charge is -2.05. The van der Waals surface area contributed by atoms with E-state index in [9.17, 15) is 14.0 Å². The van der Waals surface area contributed by atoms with E-state index in [1.807, 2.05) is 31.2 Å². The van der Waals surface area contributed by atoms with Crippen LogP contribution >= 0.6 is 0 Å². The standard InChI is InChI=1S/C23H15FO4/c1-14-2-4-15(5-3-14)12-21-22(25)19-11-10-18(13-20(19)28-21)27-23(26)16-6-8-17(24)9-7-16/h2-13H,1H3. The molecule has 1 aliphatic rings. The Labute approximate surface area is 160 Å². The van der Waals surface area contributed by atoms with Crippen LogP contribution in [-0.2, 0) is 0 Å². The average Bonchev–Trinajstić information content (AvgIpc) is 2.99. The Morgan fingerprint density at radius 1 is 1.00 bits per heavy atom. The summed E-state index contributed by atoms with van der Waals surface area (Å²) < 4.78 is 23.9. The van der Waals surface area contributed by atoms with Gasteiger partial charge in [0.15, 0.2) is 5.76 Å². The fourth-order valence-electron chi connectivity index (χ4n) is 2.80. The van der Waals surface area contributed by atoms with E-state index in [-0.39, 0.29) is 22.9 Å². The van der Waals surface area contributed by atoms with Crippen molar-refractivity contribution in [2.24, 2.45) is 0 Å². The molecule has 0 aliphatic carbocycles. The normalized spacial score (nSPS) is 13.9. The maximum Gasteiger partial charge on any atom is 0.343 e. The van der Waals surface area contributed by atoms with Gasteiger partial charge in [0.05, 0.1) is 11.1 Å². The van der Waals surface area contributed by atoms with Crippen molar-refractivity contribution in [3.05, 3.63) is 101 Å². The van der Waals surface area contributed by atoms with E-state index in [0.717, 1.165) is 11.1 Å². The van der Waals surface area contributed by atoms with E-state index in [0.29, 0.717) is 11.3 Å². The molecule has 0 amide bonds. The molecule has 0 saturated carbocycles. The van der Waals surface area contributed by atoms with Crippen molar-refractivity contribution in [2.45, 2.75) is 6.92 Å². The molecule has 3 aromatic rings. The van der Waals surface area contributed by atoms with Crippen molar-refractivity contribution in [1.29, 1.82) is 0 Å². The molecule has 0 spiro atoms. The van der Waals surface area contributed by atoms with Gasteiger partial charge in [0.2, 0.25) is 5.78 Å². The fourth-order valence-corrected chi connectivity index (χ4v) is 2.80. The zero-order chi connectivity index (χ0) is 19.7. The van der Waals surface area contributed by atoms with Gasteiger partial charge in [-0.15, -0.1) is 0 Å². The first kappa shape index (κ1) is 17.7. The van der Waals surface area contributed by atoms with Crippen LogP contribution in [0.2, 0.25) is 0 Å². The van der Waals surface area contributed by atoms with Gasteiger partial charge in [0.25, 0.3) is 0 Å². The lowest BCUT2D eigenvalue weighted by atomic mass is 10.1. The second-order valence-electron chi connectivity index (χ2n) is 6.40. The first-order valence-corrected chi connectivity index (χ1v) is 8.62. The first-order valence-electron chi connectivity index (χ1n) is 8.62. The largest absolute Gasteiger partial charge is 0.452 e. The van der Waals surface area contributed by atoms with E-state index >= 15 is 0 Å². The minimum atomic E-state index is -0.625. The topological polar surface area (TPSA) is 52.6 Å². The summed E-state index contributed by atoms with van der Waals surface area (Å²) >= 11 is 0. The predicted molar refractivity (Wildman–Crippen MR) is 102 cm³/mol. The van der Waals surface area contributed by atoms with Gasteiger partial charge in [0, 0.05) is 6.07 Å². The highest BCUT2D eigenvalue weighted by Crippen LogP contribution is 2.35. The van der Waals surface area contributed by atoms with Gasteiger partial charge in [-0.3, -0.25) is 4.79 Å². The first-order chi connectivity index (χ1) is 13.5. The number of benzene rings is 3. The fraction of sp³-hybridized carbons (Fsp3) is 0.0435. The number of allylic oxidation sites excluding steroid dienone is 1. The number of esters is 1. The molecule has 0 unspecified atom stereocenters. The molecule has 0 fully saturated rings. The summed E-state index contributed by atoms with van der Waals surface area (Å²) in [7, 11) is 0. The SMILES string of the molecule is Cc1ccc(C=C2Oc3cc(OC(=O)c4ccc(F)cc4)ccc3C2=O)cc1. The van der Waals surface area contributed by atoms with Gasteiger partial charge in [-0.25, -0.2) is 9.18 Å². The summed E-state index contributed by atoms with van der Waals surface area (Å²) in [6.45, 7) is 1.98. The third-order valence-corrected chi connectivity index (χ3v) is 4.31. The predicted octanol–water partition coefficient (Wildman–Crippen LogP) is 4.97. The molecule has 0 aromatic heterocycles. The van der Waals surface area contributed by atoms with Crippen molar-refractivity contribution < 1.29 is 23.5 Å². The quantitative estimate of drug-likeness (QED) is 0.369. The highest BCUT2D eigenvalue weighted by Gasteiger charge is 2.28. The third-order valence-electron chi connectivity index (χ3n) is 4.31. The summed E-state index contributed by atoms with van der Waals surface area (Å²) in [5.41, 5.74) is 2.60. The Hall–Kier alpha value is -3.73. The monoisotopic (exact) mass is 374 g/mol. The van der Waals surface area contributed by atoms with Crippen molar-refractivity contribution in [3.63, 3.8) is 0 Å². The molecule has 4 nitrogen and oxygen atoms in total. The Morgan fingerprint density at radius 2 is 1.71 bits per heavy atom. The van der Waals surface area contributed by atoms with Crippen LogP contribution in [0.4, 0.5) is 4.39 Å². The number of rotatable bonds is 3. The zero-order valence-corrected chi connectivity index (χ0v) is 14.9. The molecule has 4 rings (SSSR count). The van der Waals surface area contributed by atoms with Crippen LogP contribution in [0, 0.1) is 12.7 Å². The molecule has 0 radical (unpaired) electrons.